The monoisotopic (exact) mass is 524 g/mol. The molecule has 7 rings (SSSR count). The van der Waals surface area contributed by atoms with Gasteiger partial charge in [0.1, 0.15) is 6.04 Å². The summed E-state index contributed by atoms with van der Waals surface area (Å²) in [5, 5.41) is 3.24. The lowest BCUT2D eigenvalue weighted by atomic mass is 9.63. The number of anilines is 1. The maximum atomic E-state index is 13.7. The first kappa shape index (κ1) is 21.1. The summed E-state index contributed by atoms with van der Waals surface area (Å²) >= 11 is 9.69. The molecule has 2 bridgehead atoms. The predicted octanol–water partition coefficient (Wildman–Crippen LogP) is 4.71. The molecular weight excluding hydrogens is 504 g/mol. The summed E-state index contributed by atoms with van der Waals surface area (Å²) in [6, 6.07) is 13.7. The van der Waals surface area contributed by atoms with E-state index in [2.05, 4.69) is 33.4 Å². The molecule has 3 amide bonds. The fourth-order valence-corrected chi connectivity index (χ4v) is 6.95. The van der Waals surface area contributed by atoms with Gasteiger partial charge in [-0.15, -0.1) is 0 Å². The Kier molecular flexibility index (Phi) is 5.00. The zero-order valence-corrected chi connectivity index (χ0v) is 20.0. The topological polar surface area (TPSA) is 66.5 Å². The average molecular weight is 526 g/mol. The first-order chi connectivity index (χ1) is 15.9. The first-order valence-electron chi connectivity index (χ1n) is 11.3. The Morgan fingerprint density at radius 2 is 1.67 bits per heavy atom. The molecule has 33 heavy (non-hydrogen) atoms. The highest BCUT2D eigenvalue weighted by Crippen LogP contribution is 2.65. The third-order valence-corrected chi connectivity index (χ3v) is 8.58. The summed E-state index contributed by atoms with van der Waals surface area (Å²) in [5.74, 6) is -0.214. The van der Waals surface area contributed by atoms with Gasteiger partial charge in [0.2, 0.25) is 17.7 Å². The zero-order valence-electron chi connectivity index (χ0n) is 17.7. The second-order valence-corrected chi connectivity index (χ2v) is 10.8. The lowest BCUT2D eigenvalue weighted by Crippen LogP contribution is -2.49. The number of likely N-dealkylation sites (tertiary alicyclic amines) is 1. The fraction of sp³-hybridized carbons (Fsp3) is 0.346. The molecule has 1 N–H and O–H groups in total. The minimum Gasteiger partial charge on any atom is -0.323 e. The van der Waals surface area contributed by atoms with Crippen molar-refractivity contribution in [1.29, 1.82) is 0 Å². The quantitative estimate of drug-likeness (QED) is 0.454. The van der Waals surface area contributed by atoms with Gasteiger partial charge in [0.15, 0.2) is 0 Å². The van der Waals surface area contributed by atoms with E-state index in [0.717, 1.165) is 16.5 Å². The lowest BCUT2D eigenvalue weighted by molar-refractivity contribution is -0.146. The van der Waals surface area contributed by atoms with Crippen LogP contribution < -0.4 is 5.32 Å². The number of carbonyl (C=O) groups is 3. The van der Waals surface area contributed by atoms with Gasteiger partial charge in [-0.25, -0.2) is 0 Å². The van der Waals surface area contributed by atoms with E-state index in [1.54, 1.807) is 18.2 Å². The Bertz CT molecular complexity index is 1160. The molecule has 0 radical (unpaired) electrons. The van der Waals surface area contributed by atoms with Crippen LogP contribution in [-0.2, 0) is 20.8 Å². The standard InChI is InChI=1S/C26H22BrClN2O3/c27-14-6-9-20(19(28)11-14)29-24(31)21(10-13-4-2-1-3-5-13)30-25(32)22-15-7-8-16(18-12-17(15)18)23(22)26(30)33/h1-9,11,15-18,21-23H,10,12H2,(H,29,31)/t15-,16-,17-,18-,21-,22-,23+/m0/s1. The van der Waals surface area contributed by atoms with Crippen LogP contribution in [0.15, 0.2) is 65.2 Å². The smallest absolute Gasteiger partial charge is 0.248 e. The van der Waals surface area contributed by atoms with Gasteiger partial charge in [-0.1, -0.05) is 70.0 Å². The summed E-state index contributed by atoms with van der Waals surface area (Å²) < 4.78 is 0.793. The molecule has 168 valence electrons. The van der Waals surface area contributed by atoms with Gasteiger partial charge >= 0.3 is 0 Å². The molecule has 2 aromatic carbocycles. The maximum absolute atomic E-state index is 13.7. The van der Waals surface area contributed by atoms with Gasteiger partial charge in [0.25, 0.3) is 0 Å². The Labute approximate surface area is 205 Å². The second kappa shape index (κ2) is 7.81. The van der Waals surface area contributed by atoms with Crippen LogP contribution in [0.2, 0.25) is 5.02 Å². The van der Waals surface area contributed by atoms with Crippen molar-refractivity contribution in [3.63, 3.8) is 0 Å². The highest BCUT2D eigenvalue weighted by atomic mass is 79.9. The van der Waals surface area contributed by atoms with E-state index in [1.165, 1.54) is 4.90 Å². The van der Waals surface area contributed by atoms with Crippen molar-refractivity contribution in [2.45, 2.75) is 18.9 Å². The number of hydrogen-bond donors (Lipinski definition) is 1. The lowest BCUT2D eigenvalue weighted by Gasteiger charge is -2.37. The molecular formula is C26H22BrClN2O3. The Morgan fingerprint density at radius 3 is 2.27 bits per heavy atom. The average Bonchev–Trinajstić information content (AvgIpc) is 3.59. The minimum absolute atomic E-state index is 0.118. The number of amides is 3. The van der Waals surface area contributed by atoms with Crippen molar-refractivity contribution in [3.8, 4) is 0 Å². The van der Waals surface area contributed by atoms with Gasteiger partial charge in [-0.2, -0.15) is 0 Å². The van der Waals surface area contributed by atoms with Crippen molar-refractivity contribution < 1.29 is 14.4 Å². The SMILES string of the molecule is O=C(Nc1ccc(Br)cc1Cl)[C@H](Cc1ccccc1)N1C(=O)[C@@H]2[C@H]3C=C[C@@H]([C@@H]4C[C@@H]34)[C@@H]2C1=O. The molecule has 7 atom stereocenters. The normalized spacial score (nSPS) is 31.9. The van der Waals surface area contributed by atoms with E-state index < -0.39 is 11.9 Å². The molecule has 1 saturated heterocycles. The van der Waals surface area contributed by atoms with E-state index in [9.17, 15) is 14.4 Å². The molecule has 5 nitrogen and oxygen atoms in total. The molecule has 3 fully saturated rings. The number of halogens is 2. The molecule has 0 unspecified atom stereocenters. The number of allylic oxidation sites excluding steroid dienone is 2. The van der Waals surface area contributed by atoms with Crippen molar-refractivity contribution in [3.05, 3.63) is 75.7 Å². The summed E-state index contributed by atoms with van der Waals surface area (Å²) in [4.78, 5) is 42.1. The van der Waals surface area contributed by atoms with Crippen LogP contribution >= 0.6 is 27.5 Å². The number of nitrogens with one attached hydrogen (secondary N) is 1. The first-order valence-corrected chi connectivity index (χ1v) is 12.5. The summed E-state index contributed by atoms with van der Waals surface area (Å²) in [6.07, 6.45) is 5.64. The van der Waals surface area contributed by atoms with Crippen LogP contribution in [0.25, 0.3) is 0 Å². The number of rotatable bonds is 5. The van der Waals surface area contributed by atoms with Gasteiger partial charge in [0, 0.05) is 10.9 Å². The van der Waals surface area contributed by atoms with Crippen LogP contribution in [0.1, 0.15) is 12.0 Å². The number of hydrogen-bond acceptors (Lipinski definition) is 3. The van der Waals surface area contributed by atoms with Crippen molar-refractivity contribution >= 4 is 50.9 Å². The zero-order chi connectivity index (χ0) is 22.9. The largest absolute Gasteiger partial charge is 0.323 e. The molecule has 2 aromatic rings. The number of carbonyl (C=O) groups excluding carboxylic acids is 3. The van der Waals surface area contributed by atoms with E-state index in [4.69, 9.17) is 11.6 Å². The molecule has 5 aliphatic rings. The van der Waals surface area contributed by atoms with E-state index >= 15 is 0 Å². The third-order valence-electron chi connectivity index (χ3n) is 7.77. The number of nitrogens with zero attached hydrogens (tertiary/aromatic N) is 1. The molecule has 7 heteroatoms. The summed E-state index contributed by atoms with van der Waals surface area (Å²) in [7, 11) is 0. The van der Waals surface area contributed by atoms with Crippen LogP contribution in [0, 0.1) is 35.5 Å². The molecule has 2 saturated carbocycles. The predicted molar refractivity (Wildman–Crippen MR) is 128 cm³/mol. The van der Waals surface area contributed by atoms with E-state index in [-0.39, 0.29) is 41.9 Å². The molecule has 0 spiro atoms. The van der Waals surface area contributed by atoms with Crippen molar-refractivity contribution in [1.82, 2.24) is 4.90 Å². The van der Waals surface area contributed by atoms with Crippen LogP contribution in [0.3, 0.4) is 0 Å². The van der Waals surface area contributed by atoms with Crippen LogP contribution in [0.4, 0.5) is 5.69 Å². The van der Waals surface area contributed by atoms with Gasteiger partial charge in [0.05, 0.1) is 22.5 Å². The number of benzene rings is 2. The molecule has 0 aromatic heterocycles. The number of imide groups is 1. The summed E-state index contributed by atoms with van der Waals surface area (Å²) in [5.41, 5.74) is 1.33. The third kappa shape index (κ3) is 3.38. The second-order valence-electron chi connectivity index (χ2n) is 9.52. The van der Waals surface area contributed by atoms with E-state index in [0.29, 0.717) is 22.5 Å². The van der Waals surface area contributed by atoms with Crippen LogP contribution in [-0.4, -0.2) is 28.7 Å². The highest BCUT2D eigenvalue weighted by Gasteiger charge is 2.67. The highest BCUT2D eigenvalue weighted by molar-refractivity contribution is 9.10. The maximum Gasteiger partial charge on any atom is 0.248 e. The summed E-state index contributed by atoms with van der Waals surface area (Å²) in [6.45, 7) is 0. The molecule has 1 aliphatic heterocycles. The van der Waals surface area contributed by atoms with Gasteiger partial charge in [-0.05, 0) is 53.9 Å². The Balaban J connectivity index is 1.34. The van der Waals surface area contributed by atoms with Crippen LogP contribution in [0.5, 0.6) is 0 Å². The Hall–Kier alpha value is -2.44. The minimum atomic E-state index is -0.937. The van der Waals surface area contributed by atoms with Gasteiger partial charge in [-0.3, -0.25) is 19.3 Å². The molecule has 1 heterocycles. The Morgan fingerprint density at radius 1 is 1.03 bits per heavy atom. The molecule has 4 aliphatic carbocycles. The van der Waals surface area contributed by atoms with Crippen molar-refractivity contribution in [2.75, 3.05) is 5.32 Å². The fourth-order valence-electron chi connectivity index (χ4n) is 6.23. The van der Waals surface area contributed by atoms with Gasteiger partial charge < -0.3 is 5.32 Å². The van der Waals surface area contributed by atoms with Crippen molar-refractivity contribution in [2.24, 2.45) is 35.5 Å². The van der Waals surface area contributed by atoms with E-state index in [1.807, 2.05) is 30.3 Å².